The number of carbonyl (C=O) groups excluding carboxylic acids is 1. The van der Waals surface area contributed by atoms with Crippen molar-refractivity contribution in [3.63, 3.8) is 0 Å². The van der Waals surface area contributed by atoms with Crippen LogP contribution in [0.2, 0.25) is 0 Å². The van der Waals surface area contributed by atoms with Crippen molar-refractivity contribution in [1.82, 2.24) is 5.32 Å². The predicted octanol–water partition coefficient (Wildman–Crippen LogP) is 2.41. The number of anilines is 1. The molecular weight excluding hydrogens is 390 g/mol. The fourth-order valence-electron chi connectivity index (χ4n) is 4.43. The van der Waals surface area contributed by atoms with Crippen LogP contribution in [0, 0.1) is 5.41 Å². The van der Waals surface area contributed by atoms with E-state index >= 15 is 0 Å². The van der Waals surface area contributed by atoms with Gasteiger partial charge >= 0.3 is 0 Å². The first-order valence-corrected chi connectivity index (χ1v) is 11.2. The van der Waals surface area contributed by atoms with Gasteiger partial charge in [-0.1, -0.05) is 39.0 Å². The second kappa shape index (κ2) is 9.18. The standard InChI is InChI=1S/C25H33N3O3/c1-25(2,3)16-24(29)26-17-21(19-9-10-22-23(15-19)31-18-30-22)28-13-11-27(12-14-28)20-7-5-4-6-8-20/h4-10,15,21H,11-14,16-18H2,1-3H3,(H,26,29)/p+1/t21-/m0/s1. The fraction of sp³-hybridized carbons (Fsp3) is 0.480. The minimum Gasteiger partial charge on any atom is -0.454 e. The van der Waals surface area contributed by atoms with Crippen molar-refractivity contribution in [2.24, 2.45) is 5.41 Å². The molecule has 6 nitrogen and oxygen atoms in total. The van der Waals surface area contributed by atoms with Crippen molar-refractivity contribution in [3.05, 3.63) is 54.1 Å². The fourth-order valence-corrected chi connectivity index (χ4v) is 4.43. The van der Waals surface area contributed by atoms with Crippen LogP contribution in [0.5, 0.6) is 11.5 Å². The Kier molecular flexibility index (Phi) is 6.37. The molecule has 31 heavy (non-hydrogen) atoms. The first-order chi connectivity index (χ1) is 14.9. The van der Waals surface area contributed by atoms with Gasteiger partial charge in [0.05, 0.1) is 32.7 Å². The maximum Gasteiger partial charge on any atom is 0.231 e. The molecule has 2 aliphatic heterocycles. The van der Waals surface area contributed by atoms with Gasteiger partial charge in [0.1, 0.15) is 6.04 Å². The largest absolute Gasteiger partial charge is 0.454 e. The highest BCUT2D eigenvalue weighted by Crippen LogP contribution is 2.33. The lowest BCUT2D eigenvalue weighted by molar-refractivity contribution is -0.931. The van der Waals surface area contributed by atoms with Gasteiger partial charge in [0.2, 0.25) is 12.7 Å². The number of ether oxygens (including phenoxy) is 2. The number of piperazine rings is 1. The van der Waals surface area contributed by atoms with E-state index in [1.54, 1.807) is 0 Å². The first kappa shape index (κ1) is 21.5. The third-order valence-electron chi connectivity index (χ3n) is 6.01. The van der Waals surface area contributed by atoms with Crippen molar-refractivity contribution in [3.8, 4) is 11.5 Å². The molecule has 1 atom stereocenters. The van der Waals surface area contributed by atoms with Crippen molar-refractivity contribution < 1.29 is 19.2 Å². The van der Waals surface area contributed by atoms with E-state index in [1.807, 2.05) is 6.07 Å². The summed E-state index contributed by atoms with van der Waals surface area (Å²) in [6.07, 6.45) is 0.526. The molecule has 0 aromatic heterocycles. The zero-order valence-corrected chi connectivity index (χ0v) is 18.8. The lowest BCUT2D eigenvalue weighted by Gasteiger charge is -2.38. The average molecular weight is 425 g/mol. The topological polar surface area (TPSA) is 55.2 Å². The number of amides is 1. The van der Waals surface area contributed by atoms with Gasteiger partial charge in [-0.15, -0.1) is 0 Å². The van der Waals surface area contributed by atoms with Crippen LogP contribution in [-0.2, 0) is 4.79 Å². The lowest BCUT2D eigenvalue weighted by Crippen LogP contribution is -3.15. The summed E-state index contributed by atoms with van der Waals surface area (Å²) in [7, 11) is 0. The number of quaternary nitrogens is 1. The van der Waals surface area contributed by atoms with E-state index in [9.17, 15) is 4.79 Å². The smallest absolute Gasteiger partial charge is 0.231 e. The molecule has 2 aliphatic rings. The minimum atomic E-state index is -0.0213. The Morgan fingerprint density at radius 3 is 2.48 bits per heavy atom. The molecule has 0 aliphatic carbocycles. The maximum atomic E-state index is 12.5. The van der Waals surface area contributed by atoms with E-state index < -0.39 is 0 Å². The minimum absolute atomic E-state index is 0.0213. The highest BCUT2D eigenvalue weighted by molar-refractivity contribution is 5.76. The number of nitrogens with zero attached hydrogens (tertiary/aromatic N) is 1. The highest BCUT2D eigenvalue weighted by atomic mass is 16.7. The number of nitrogens with one attached hydrogen (secondary N) is 2. The van der Waals surface area contributed by atoms with E-state index in [1.165, 1.54) is 16.2 Å². The van der Waals surface area contributed by atoms with Crippen LogP contribution < -0.4 is 24.6 Å². The van der Waals surface area contributed by atoms with Gasteiger partial charge in [-0.3, -0.25) is 4.79 Å². The zero-order chi connectivity index (χ0) is 21.8. The summed E-state index contributed by atoms with van der Waals surface area (Å²) in [5, 5.41) is 3.20. The molecular formula is C25H34N3O3+. The molecule has 2 aromatic rings. The lowest BCUT2D eigenvalue weighted by atomic mass is 9.92. The van der Waals surface area contributed by atoms with Crippen molar-refractivity contribution in [1.29, 1.82) is 0 Å². The van der Waals surface area contributed by atoms with E-state index in [-0.39, 0.29) is 24.2 Å². The van der Waals surface area contributed by atoms with Gasteiger partial charge in [-0.05, 0) is 35.7 Å². The normalized spacial score (nSPS) is 17.5. The number of hydrogen-bond donors (Lipinski definition) is 2. The van der Waals surface area contributed by atoms with E-state index in [0.717, 1.165) is 37.7 Å². The van der Waals surface area contributed by atoms with Gasteiger partial charge in [-0.25, -0.2) is 0 Å². The Labute approximate surface area is 185 Å². The molecule has 6 heteroatoms. The first-order valence-electron chi connectivity index (χ1n) is 11.2. The quantitative estimate of drug-likeness (QED) is 0.748. The van der Waals surface area contributed by atoms with Gasteiger partial charge in [0, 0.05) is 17.7 Å². The number of rotatable bonds is 6. The van der Waals surface area contributed by atoms with Crippen molar-refractivity contribution in [2.75, 3.05) is 44.4 Å². The number of carbonyl (C=O) groups is 1. The Morgan fingerprint density at radius 1 is 1.06 bits per heavy atom. The van der Waals surface area contributed by atoms with Crippen molar-refractivity contribution >= 4 is 11.6 Å². The molecule has 2 heterocycles. The molecule has 1 fully saturated rings. The molecule has 0 saturated carbocycles. The average Bonchev–Trinajstić information content (AvgIpc) is 3.22. The van der Waals surface area contributed by atoms with Crippen LogP contribution >= 0.6 is 0 Å². The Hall–Kier alpha value is -2.73. The molecule has 2 aromatic carbocycles. The number of benzene rings is 2. The van der Waals surface area contributed by atoms with Gasteiger partial charge in [0.25, 0.3) is 0 Å². The summed E-state index contributed by atoms with van der Waals surface area (Å²) in [5.74, 6) is 1.70. The molecule has 1 saturated heterocycles. The van der Waals surface area contributed by atoms with Gasteiger partial charge in [0.15, 0.2) is 11.5 Å². The Balaban J connectivity index is 1.47. The van der Waals surface area contributed by atoms with Crippen LogP contribution in [0.25, 0.3) is 0 Å². The third kappa shape index (κ3) is 5.50. The molecule has 0 radical (unpaired) electrons. The van der Waals surface area contributed by atoms with E-state index in [4.69, 9.17) is 9.47 Å². The number of hydrogen-bond acceptors (Lipinski definition) is 4. The molecule has 2 N–H and O–H groups in total. The second-order valence-electron chi connectivity index (χ2n) is 9.69. The summed E-state index contributed by atoms with van der Waals surface area (Å²) < 4.78 is 11.1. The summed E-state index contributed by atoms with van der Waals surface area (Å²) in [6.45, 7) is 11.2. The number of fused-ring (bicyclic) bond motifs is 1. The Bertz CT molecular complexity index is 887. The van der Waals surface area contributed by atoms with E-state index in [2.05, 4.69) is 73.5 Å². The summed E-state index contributed by atoms with van der Waals surface area (Å²) in [5.41, 5.74) is 2.44. The van der Waals surface area contributed by atoms with E-state index in [0.29, 0.717) is 13.0 Å². The van der Waals surface area contributed by atoms with Gasteiger partial charge in [-0.2, -0.15) is 0 Å². The van der Waals surface area contributed by atoms with Crippen LogP contribution in [0.15, 0.2) is 48.5 Å². The maximum absolute atomic E-state index is 12.5. The summed E-state index contributed by atoms with van der Waals surface area (Å²) >= 11 is 0. The van der Waals surface area contributed by atoms with Crippen LogP contribution in [-0.4, -0.2) is 45.4 Å². The monoisotopic (exact) mass is 424 g/mol. The number of para-hydroxylation sites is 1. The third-order valence-corrected chi connectivity index (χ3v) is 6.01. The Morgan fingerprint density at radius 2 is 1.77 bits per heavy atom. The van der Waals surface area contributed by atoms with Gasteiger partial charge < -0.3 is 24.6 Å². The SMILES string of the molecule is CC(C)(C)CC(=O)NC[C@@H](c1ccc2c(c1)OCO2)[NH+]1CCN(c2ccccc2)CC1. The molecule has 0 spiro atoms. The van der Waals surface area contributed by atoms with Crippen LogP contribution in [0.4, 0.5) is 5.69 Å². The summed E-state index contributed by atoms with van der Waals surface area (Å²) in [4.78, 5) is 16.5. The van der Waals surface area contributed by atoms with Crippen molar-refractivity contribution in [2.45, 2.75) is 33.2 Å². The summed E-state index contributed by atoms with van der Waals surface area (Å²) in [6, 6.07) is 17.0. The molecule has 0 unspecified atom stereocenters. The second-order valence-corrected chi connectivity index (χ2v) is 9.69. The van der Waals surface area contributed by atoms with Crippen LogP contribution in [0.3, 0.4) is 0 Å². The molecule has 4 rings (SSSR count). The molecule has 1 amide bonds. The van der Waals surface area contributed by atoms with Crippen LogP contribution in [0.1, 0.15) is 38.8 Å². The predicted molar refractivity (Wildman–Crippen MR) is 122 cm³/mol. The highest BCUT2D eigenvalue weighted by Gasteiger charge is 2.31. The molecule has 0 bridgehead atoms. The molecule has 166 valence electrons. The zero-order valence-electron chi connectivity index (χ0n) is 18.8.